The van der Waals surface area contributed by atoms with Gasteiger partial charge in [-0.3, -0.25) is 0 Å². The number of thiophene rings is 1. The Labute approximate surface area is 210 Å². The average molecular weight is 498 g/mol. The normalized spacial score (nSPS) is 16.1. The van der Waals surface area contributed by atoms with Crippen LogP contribution in [0.2, 0.25) is 0 Å². The molecule has 1 aromatic heterocycles. The van der Waals surface area contributed by atoms with Crippen LogP contribution in [0.1, 0.15) is 5.56 Å². The van der Waals surface area contributed by atoms with E-state index < -0.39 is 7.26 Å². The summed E-state index contributed by atoms with van der Waals surface area (Å²) in [6.45, 7) is 0. The molecule has 1 aliphatic rings. The molecule has 0 radical (unpaired) electrons. The molecule has 0 saturated carbocycles. The molecule has 5 aromatic rings. The van der Waals surface area contributed by atoms with Crippen molar-refractivity contribution in [2.75, 3.05) is 21.3 Å². The van der Waals surface area contributed by atoms with E-state index in [4.69, 9.17) is 14.2 Å². The van der Waals surface area contributed by atoms with Crippen LogP contribution >= 0.6 is 18.6 Å². The van der Waals surface area contributed by atoms with E-state index >= 15 is 0 Å². The second kappa shape index (κ2) is 8.71. The van der Waals surface area contributed by atoms with Gasteiger partial charge in [0.25, 0.3) is 0 Å². The maximum Gasteiger partial charge on any atom is 0.203 e. The number of benzene rings is 4. The number of fused-ring (bicyclic) bond motifs is 5. The fourth-order valence-electron chi connectivity index (χ4n) is 5.42. The fraction of sp³-hybridized carbons (Fsp3) is 0.133. The summed E-state index contributed by atoms with van der Waals surface area (Å²) in [5.41, 5.74) is 2.54. The van der Waals surface area contributed by atoms with E-state index in [1.807, 2.05) is 11.3 Å². The molecule has 0 N–H and O–H groups in total. The Kier molecular flexibility index (Phi) is 5.51. The largest absolute Gasteiger partial charge is 0.493 e. The predicted molar refractivity (Wildman–Crippen MR) is 149 cm³/mol. The average Bonchev–Trinajstić information content (AvgIpc) is 3.43. The molecule has 4 aromatic carbocycles. The van der Waals surface area contributed by atoms with Gasteiger partial charge in [-0.05, 0) is 54.1 Å². The summed E-state index contributed by atoms with van der Waals surface area (Å²) in [7, 11) is 2.98. The molecule has 0 aliphatic carbocycles. The predicted octanol–water partition coefficient (Wildman–Crippen LogP) is 6.40. The minimum atomic E-state index is -2.02. The highest BCUT2D eigenvalue weighted by atomic mass is 32.1. The van der Waals surface area contributed by atoms with Gasteiger partial charge in [-0.1, -0.05) is 42.5 Å². The quantitative estimate of drug-likeness (QED) is 0.254. The van der Waals surface area contributed by atoms with E-state index in [2.05, 4.69) is 91.0 Å². The molecule has 1 aliphatic heterocycles. The smallest absolute Gasteiger partial charge is 0.203 e. The third kappa shape index (κ3) is 3.28. The number of hydrogen-bond acceptors (Lipinski definition) is 4. The Morgan fingerprint density at radius 1 is 0.714 bits per heavy atom. The molecule has 0 fully saturated rings. The van der Waals surface area contributed by atoms with Crippen LogP contribution in [0.5, 0.6) is 17.2 Å². The molecule has 0 saturated heterocycles. The van der Waals surface area contributed by atoms with Crippen molar-refractivity contribution in [1.29, 1.82) is 0 Å². The SMILES string of the molecule is COc1cc(C[P+]2(c3ccccc3)c3ccccc3-c3sc4ccccc4c32)cc(OC)c1OC. The second-order valence-corrected chi connectivity index (χ2v) is 13.1. The van der Waals surface area contributed by atoms with Crippen molar-refractivity contribution in [3.63, 3.8) is 0 Å². The van der Waals surface area contributed by atoms with Crippen molar-refractivity contribution in [1.82, 2.24) is 0 Å². The van der Waals surface area contributed by atoms with Gasteiger partial charge in [0.1, 0.15) is 23.2 Å². The maximum absolute atomic E-state index is 5.73. The first-order valence-electron chi connectivity index (χ1n) is 11.6. The molecule has 3 nitrogen and oxygen atoms in total. The van der Waals surface area contributed by atoms with Crippen LogP contribution in [-0.4, -0.2) is 21.3 Å². The summed E-state index contributed by atoms with van der Waals surface area (Å²) in [4.78, 5) is 1.41. The molecular weight excluding hydrogens is 471 g/mol. The van der Waals surface area contributed by atoms with E-state index in [1.165, 1.54) is 42.0 Å². The van der Waals surface area contributed by atoms with E-state index in [0.29, 0.717) is 17.2 Å². The van der Waals surface area contributed by atoms with Crippen LogP contribution in [0.15, 0.2) is 91.0 Å². The molecule has 1 unspecified atom stereocenters. The Balaban J connectivity index is 1.69. The van der Waals surface area contributed by atoms with E-state index in [0.717, 1.165) is 6.16 Å². The van der Waals surface area contributed by atoms with Crippen molar-refractivity contribution in [3.8, 4) is 27.7 Å². The summed E-state index contributed by atoms with van der Waals surface area (Å²) in [5.74, 6) is 2.01. The van der Waals surface area contributed by atoms with Crippen LogP contribution < -0.4 is 30.1 Å². The topological polar surface area (TPSA) is 27.7 Å². The zero-order valence-corrected chi connectivity index (χ0v) is 21.7. The van der Waals surface area contributed by atoms with Crippen molar-refractivity contribution < 1.29 is 14.2 Å². The zero-order valence-electron chi connectivity index (χ0n) is 19.9. The van der Waals surface area contributed by atoms with Gasteiger partial charge >= 0.3 is 0 Å². The molecule has 0 amide bonds. The molecule has 35 heavy (non-hydrogen) atoms. The Morgan fingerprint density at radius 2 is 1.37 bits per heavy atom. The molecule has 5 heteroatoms. The Hall–Kier alpha value is -3.33. The van der Waals surface area contributed by atoms with Crippen LogP contribution in [-0.2, 0) is 6.16 Å². The van der Waals surface area contributed by atoms with E-state index in [9.17, 15) is 0 Å². The molecule has 0 bridgehead atoms. The second-order valence-electron chi connectivity index (χ2n) is 8.63. The number of hydrogen-bond donors (Lipinski definition) is 0. The van der Waals surface area contributed by atoms with Crippen LogP contribution in [0.3, 0.4) is 0 Å². The van der Waals surface area contributed by atoms with Crippen molar-refractivity contribution in [3.05, 3.63) is 96.6 Å². The Bertz CT molecular complexity index is 1520. The van der Waals surface area contributed by atoms with Crippen molar-refractivity contribution >= 4 is 44.6 Å². The number of rotatable bonds is 6. The van der Waals surface area contributed by atoms with Gasteiger partial charge in [-0.25, -0.2) is 0 Å². The lowest BCUT2D eigenvalue weighted by atomic mass is 10.2. The highest BCUT2D eigenvalue weighted by Crippen LogP contribution is 2.67. The molecule has 6 rings (SSSR count). The zero-order chi connectivity index (χ0) is 24.0. The lowest BCUT2D eigenvalue weighted by Gasteiger charge is -2.25. The lowest BCUT2D eigenvalue weighted by molar-refractivity contribution is 0.324. The fourth-order valence-corrected chi connectivity index (χ4v) is 12.0. The van der Waals surface area contributed by atoms with Crippen LogP contribution in [0.25, 0.3) is 20.5 Å². The lowest BCUT2D eigenvalue weighted by Crippen LogP contribution is -2.29. The third-order valence-electron chi connectivity index (χ3n) is 6.85. The highest BCUT2D eigenvalue weighted by Gasteiger charge is 2.55. The molecule has 174 valence electrons. The summed E-state index contributed by atoms with van der Waals surface area (Å²) < 4.78 is 18.4. The third-order valence-corrected chi connectivity index (χ3v) is 12.7. The van der Waals surface area contributed by atoms with Crippen LogP contribution in [0, 0.1) is 0 Å². The highest BCUT2D eigenvalue weighted by molar-refractivity contribution is 7.96. The molecular formula is C30H26O3PS+. The summed E-state index contributed by atoms with van der Waals surface area (Å²) >= 11 is 1.92. The number of ether oxygens (including phenoxy) is 3. The minimum Gasteiger partial charge on any atom is -0.493 e. The first-order chi connectivity index (χ1) is 17.2. The summed E-state index contributed by atoms with van der Waals surface area (Å²) in [6.07, 6.45) is 0.873. The molecule has 1 atom stereocenters. The van der Waals surface area contributed by atoms with Gasteiger partial charge in [-0.15, -0.1) is 11.3 Å². The van der Waals surface area contributed by atoms with Gasteiger partial charge in [-0.2, -0.15) is 0 Å². The summed E-state index contributed by atoms with van der Waals surface area (Å²) in [6, 6.07) is 33.1. The van der Waals surface area contributed by atoms with Crippen molar-refractivity contribution in [2.24, 2.45) is 0 Å². The Morgan fingerprint density at radius 3 is 2.09 bits per heavy atom. The maximum atomic E-state index is 5.73. The van der Waals surface area contributed by atoms with Crippen LogP contribution in [0.4, 0.5) is 0 Å². The van der Waals surface area contributed by atoms with E-state index in [-0.39, 0.29) is 0 Å². The first-order valence-corrected chi connectivity index (χ1v) is 14.3. The van der Waals surface area contributed by atoms with Gasteiger partial charge in [0.05, 0.1) is 32.4 Å². The van der Waals surface area contributed by atoms with Gasteiger partial charge in [0.2, 0.25) is 5.75 Å². The minimum absolute atomic E-state index is 0.624. The monoisotopic (exact) mass is 497 g/mol. The standard InChI is InChI=1S/C30H26O3PS/c1-31-24-17-20(18-25(32-2)28(24)33-3)19-34(21-11-5-4-6-12-21)26-15-9-7-13-22(26)30-29(34)23-14-8-10-16-27(23)35-30/h4-18H,19H2,1-3H3/q+1. The summed E-state index contributed by atoms with van der Waals surface area (Å²) in [5, 5.41) is 5.71. The number of methoxy groups -OCH3 is 3. The first kappa shape index (κ1) is 22.2. The molecule has 0 spiro atoms. The molecule has 2 heterocycles. The van der Waals surface area contributed by atoms with Crippen molar-refractivity contribution in [2.45, 2.75) is 6.16 Å². The van der Waals surface area contributed by atoms with Gasteiger partial charge in [0.15, 0.2) is 11.5 Å². The van der Waals surface area contributed by atoms with Gasteiger partial charge in [0, 0.05) is 15.6 Å². The van der Waals surface area contributed by atoms with Gasteiger partial charge < -0.3 is 14.2 Å². The van der Waals surface area contributed by atoms with E-state index in [1.54, 1.807) is 21.3 Å².